The molecule has 1 spiro atoms. The number of hydrogen-bond donors (Lipinski definition) is 0. The van der Waals surface area contributed by atoms with E-state index in [0.717, 1.165) is 25.7 Å². The van der Waals surface area contributed by atoms with Crippen LogP contribution in [0.25, 0.3) is 0 Å². The van der Waals surface area contributed by atoms with Crippen LogP contribution in [0.3, 0.4) is 0 Å². The molecule has 0 aliphatic heterocycles. The van der Waals surface area contributed by atoms with Gasteiger partial charge in [0.2, 0.25) is 0 Å². The van der Waals surface area contributed by atoms with Crippen LogP contribution in [-0.2, 0) is 4.79 Å². The van der Waals surface area contributed by atoms with Crippen molar-refractivity contribution in [2.24, 2.45) is 16.7 Å². The Balaban J connectivity index is 2.32. The van der Waals surface area contributed by atoms with Crippen LogP contribution in [0.4, 0.5) is 0 Å². The highest BCUT2D eigenvalue weighted by Gasteiger charge is 2.49. The van der Waals surface area contributed by atoms with Crippen molar-refractivity contribution in [2.75, 3.05) is 0 Å². The first-order chi connectivity index (χ1) is 7.36. The molecule has 2 aliphatic rings. The van der Waals surface area contributed by atoms with Crippen molar-refractivity contribution in [2.45, 2.75) is 59.8 Å². The molecule has 0 radical (unpaired) electrons. The van der Waals surface area contributed by atoms with E-state index in [1.807, 2.05) is 0 Å². The molecular weight excluding hydrogens is 196 g/mol. The van der Waals surface area contributed by atoms with E-state index in [1.54, 1.807) is 0 Å². The Morgan fingerprint density at radius 2 is 2.00 bits per heavy atom. The first kappa shape index (κ1) is 11.9. The van der Waals surface area contributed by atoms with Crippen LogP contribution in [0.2, 0.25) is 0 Å². The number of rotatable bonds is 0. The first-order valence-electron chi connectivity index (χ1n) is 6.58. The highest BCUT2D eigenvalue weighted by atomic mass is 16.1. The number of carbonyl (C=O) groups excluding carboxylic acids is 1. The summed E-state index contributed by atoms with van der Waals surface area (Å²) in [7, 11) is 0. The fourth-order valence-corrected chi connectivity index (χ4v) is 4.00. The van der Waals surface area contributed by atoms with Crippen molar-refractivity contribution in [1.82, 2.24) is 0 Å². The lowest BCUT2D eigenvalue weighted by Gasteiger charge is -2.46. The molecule has 2 aliphatic carbocycles. The van der Waals surface area contributed by atoms with E-state index in [9.17, 15) is 4.79 Å². The van der Waals surface area contributed by atoms with Crippen molar-refractivity contribution in [1.29, 1.82) is 0 Å². The zero-order valence-corrected chi connectivity index (χ0v) is 11.1. The van der Waals surface area contributed by atoms with Gasteiger partial charge in [0.05, 0.1) is 0 Å². The molecule has 0 aromatic rings. The standard InChI is InChI=1S/C15H24O/c1-11-8-12(2)10-15(9-11)7-5-6-14(3,4)13(15)16/h8,11H,5-7,9-10H2,1-4H3. The Hall–Kier alpha value is -0.590. The van der Waals surface area contributed by atoms with E-state index >= 15 is 0 Å². The summed E-state index contributed by atoms with van der Waals surface area (Å²) < 4.78 is 0. The van der Waals surface area contributed by atoms with Gasteiger partial charge in [-0.05, 0) is 38.5 Å². The summed E-state index contributed by atoms with van der Waals surface area (Å²) >= 11 is 0. The van der Waals surface area contributed by atoms with E-state index in [0.29, 0.717) is 11.7 Å². The first-order valence-corrected chi connectivity index (χ1v) is 6.58. The molecule has 0 aromatic heterocycles. The summed E-state index contributed by atoms with van der Waals surface area (Å²) in [6, 6.07) is 0. The largest absolute Gasteiger partial charge is 0.298 e. The van der Waals surface area contributed by atoms with Gasteiger partial charge in [0.1, 0.15) is 5.78 Å². The molecule has 1 fully saturated rings. The maximum atomic E-state index is 12.7. The van der Waals surface area contributed by atoms with Gasteiger partial charge in [0, 0.05) is 10.8 Å². The van der Waals surface area contributed by atoms with E-state index < -0.39 is 0 Å². The lowest BCUT2D eigenvalue weighted by molar-refractivity contribution is -0.143. The van der Waals surface area contributed by atoms with Crippen molar-refractivity contribution in [3.8, 4) is 0 Å². The molecule has 90 valence electrons. The zero-order chi connectivity index (χ0) is 12.0. The minimum Gasteiger partial charge on any atom is -0.298 e. The Kier molecular flexibility index (Phi) is 2.76. The lowest BCUT2D eigenvalue weighted by Crippen LogP contribution is -2.46. The van der Waals surface area contributed by atoms with Crippen LogP contribution in [0, 0.1) is 16.7 Å². The Morgan fingerprint density at radius 3 is 2.62 bits per heavy atom. The van der Waals surface area contributed by atoms with Gasteiger partial charge in [-0.3, -0.25) is 4.79 Å². The van der Waals surface area contributed by atoms with Gasteiger partial charge in [-0.1, -0.05) is 38.8 Å². The van der Waals surface area contributed by atoms with Crippen molar-refractivity contribution < 1.29 is 4.79 Å². The van der Waals surface area contributed by atoms with Gasteiger partial charge in [0.15, 0.2) is 0 Å². The summed E-state index contributed by atoms with van der Waals surface area (Å²) in [5, 5.41) is 0. The number of allylic oxidation sites excluding steroid dienone is 2. The van der Waals surface area contributed by atoms with Gasteiger partial charge in [-0.2, -0.15) is 0 Å². The predicted octanol–water partition coefficient (Wildman–Crippen LogP) is 4.13. The van der Waals surface area contributed by atoms with Crippen LogP contribution in [0.1, 0.15) is 59.8 Å². The second kappa shape index (κ2) is 3.72. The molecule has 0 amide bonds. The minimum absolute atomic E-state index is 0.0139. The highest BCUT2D eigenvalue weighted by Crippen LogP contribution is 2.51. The molecule has 1 heteroatoms. The Labute approximate surface area is 99.3 Å². The predicted molar refractivity (Wildman–Crippen MR) is 67.2 cm³/mol. The maximum absolute atomic E-state index is 12.7. The van der Waals surface area contributed by atoms with Crippen molar-refractivity contribution in [3.05, 3.63) is 11.6 Å². The van der Waals surface area contributed by atoms with Crippen LogP contribution >= 0.6 is 0 Å². The number of Topliss-reactive ketones (excluding diaryl/α,β-unsaturated/α-hetero) is 1. The van der Waals surface area contributed by atoms with Crippen LogP contribution in [0.5, 0.6) is 0 Å². The average molecular weight is 220 g/mol. The third kappa shape index (κ3) is 1.85. The average Bonchev–Trinajstić information content (AvgIpc) is 2.12. The summed E-state index contributed by atoms with van der Waals surface area (Å²) in [6.07, 6.45) is 7.85. The molecule has 0 N–H and O–H groups in total. The van der Waals surface area contributed by atoms with E-state index in [2.05, 4.69) is 33.8 Å². The molecular formula is C15H24O. The second-order valence-electron chi connectivity index (χ2n) is 6.72. The quantitative estimate of drug-likeness (QED) is 0.561. The minimum atomic E-state index is -0.0877. The maximum Gasteiger partial charge on any atom is 0.144 e. The lowest BCUT2D eigenvalue weighted by atomic mass is 9.56. The van der Waals surface area contributed by atoms with E-state index in [1.165, 1.54) is 12.0 Å². The van der Waals surface area contributed by atoms with Gasteiger partial charge in [-0.25, -0.2) is 0 Å². The number of hydrogen-bond acceptors (Lipinski definition) is 1. The van der Waals surface area contributed by atoms with Crippen molar-refractivity contribution in [3.63, 3.8) is 0 Å². The fourth-order valence-electron chi connectivity index (χ4n) is 4.00. The monoisotopic (exact) mass is 220 g/mol. The van der Waals surface area contributed by atoms with Gasteiger partial charge < -0.3 is 0 Å². The molecule has 1 saturated carbocycles. The molecule has 1 nitrogen and oxygen atoms in total. The van der Waals surface area contributed by atoms with Gasteiger partial charge in [0.25, 0.3) is 0 Å². The number of ketones is 1. The molecule has 0 bridgehead atoms. The van der Waals surface area contributed by atoms with Crippen LogP contribution in [-0.4, -0.2) is 5.78 Å². The van der Waals surface area contributed by atoms with Gasteiger partial charge in [-0.15, -0.1) is 0 Å². The number of carbonyl (C=O) groups is 1. The van der Waals surface area contributed by atoms with Crippen LogP contribution < -0.4 is 0 Å². The summed E-state index contributed by atoms with van der Waals surface area (Å²) in [5.41, 5.74) is 1.32. The smallest absolute Gasteiger partial charge is 0.144 e. The molecule has 0 aromatic carbocycles. The Bertz CT molecular complexity index is 337. The van der Waals surface area contributed by atoms with Crippen LogP contribution in [0.15, 0.2) is 11.6 Å². The molecule has 2 rings (SSSR count). The Morgan fingerprint density at radius 1 is 1.31 bits per heavy atom. The van der Waals surface area contributed by atoms with E-state index in [-0.39, 0.29) is 10.8 Å². The summed E-state index contributed by atoms with van der Waals surface area (Å²) in [4.78, 5) is 12.7. The molecule has 0 saturated heterocycles. The third-order valence-electron chi connectivity index (χ3n) is 4.45. The molecule has 0 heterocycles. The second-order valence-corrected chi connectivity index (χ2v) is 6.72. The zero-order valence-electron chi connectivity index (χ0n) is 11.1. The topological polar surface area (TPSA) is 17.1 Å². The fraction of sp³-hybridized carbons (Fsp3) is 0.800. The van der Waals surface area contributed by atoms with Crippen molar-refractivity contribution >= 4 is 5.78 Å². The molecule has 2 atom stereocenters. The molecule has 16 heavy (non-hydrogen) atoms. The van der Waals surface area contributed by atoms with Gasteiger partial charge >= 0.3 is 0 Å². The summed E-state index contributed by atoms with van der Waals surface area (Å²) in [5.74, 6) is 1.11. The highest BCUT2D eigenvalue weighted by molar-refractivity contribution is 5.90. The SMILES string of the molecule is CC1=CC(C)CC2(CCCC(C)(C)C2=O)C1. The molecule has 2 unspecified atom stereocenters. The van der Waals surface area contributed by atoms with E-state index in [4.69, 9.17) is 0 Å². The third-order valence-corrected chi connectivity index (χ3v) is 4.45. The normalized spacial score (nSPS) is 38.6. The summed E-state index contributed by atoms with van der Waals surface area (Å²) in [6.45, 7) is 8.70.